The van der Waals surface area contributed by atoms with Crippen molar-refractivity contribution >= 4 is 16.9 Å². The minimum absolute atomic E-state index is 0.414. The van der Waals surface area contributed by atoms with Gasteiger partial charge >= 0.3 is 0 Å². The number of ether oxygens (including phenoxy) is 1. The molecule has 2 N–H and O–H groups in total. The van der Waals surface area contributed by atoms with Crippen LogP contribution in [0.25, 0.3) is 11.0 Å². The minimum atomic E-state index is -0.465. The number of aromatic nitrogens is 3. The van der Waals surface area contributed by atoms with Gasteiger partial charge in [0.05, 0.1) is 24.8 Å². The van der Waals surface area contributed by atoms with Crippen LogP contribution in [0.15, 0.2) is 42.4 Å². The summed E-state index contributed by atoms with van der Waals surface area (Å²) in [5, 5.41) is 12.7. The van der Waals surface area contributed by atoms with Crippen LogP contribution in [0.1, 0.15) is 19.5 Å². The van der Waals surface area contributed by atoms with Crippen molar-refractivity contribution in [1.29, 1.82) is 0 Å². The van der Waals surface area contributed by atoms with Gasteiger partial charge in [0, 0.05) is 49.8 Å². The first-order chi connectivity index (χ1) is 13.2. The Labute approximate surface area is 159 Å². The molecule has 1 atom stereocenters. The van der Waals surface area contributed by atoms with E-state index in [4.69, 9.17) is 4.74 Å². The molecule has 2 aromatic rings. The normalized spacial score (nSPS) is 16.9. The van der Waals surface area contributed by atoms with E-state index in [-0.39, 0.29) is 0 Å². The van der Waals surface area contributed by atoms with Crippen molar-refractivity contribution in [3.8, 4) is 0 Å². The Hall–Kier alpha value is -2.51. The summed E-state index contributed by atoms with van der Waals surface area (Å²) < 4.78 is 5.42. The maximum atomic E-state index is 9.55. The molecule has 0 radical (unpaired) electrons. The molecule has 1 aliphatic heterocycles. The number of pyridine rings is 1. The van der Waals surface area contributed by atoms with Crippen LogP contribution in [0.3, 0.4) is 0 Å². The average Bonchev–Trinajstić information content (AvgIpc) is 2.70. The monoisotopic (exact) mass is 369 g/mol. The first-order valence-electron chi connectivity index (χ1n) is 9.35. The Balaban J connectivity index is 1.75. The molecule has 144 valence electrons. The van der Waals surface area contributed by atoms with Crippen LogP contribution in [0, 0.1) is 0 Å². The van der Waals surface area contributed by atoms with Crippen molar-refractivity contribution in [2.75, 3.05) is 38.2 Å². The molecule has 1 unspecified atom stereocenters. The lowest BCUT2D eigenvalue weighted by Gasteiger charge is -2.29. The standard InChI is InChI=1S/C20H27N5O2/c1-3-17(25-9-11-27-12-10-25)6-4-5-16-13-18-19(22-8-7-21-18)20(24-16)23-14-15(2)26/h3-4,6-8,13,15,26H,5,9-12,14H2,1-2H3,(H,23,24)/b6-4-,17-3+. The van der Waals surface area contributed by atoms with Crippen LogP contribution in [-0.2, 0) is 11.2 Å². The Kier molecular flexibility index (Phi) is 6.73. The molecule has 7 nitrogen and oxygen atoms in total. The van der Waals surface area contributed by atoms with Gasteiger partial charge in [0.15, 0.2) is 5.82 Å². The predicted octanol–water partition coefficient (Wildman–Crippen LogP) is 2.15. The lowest BCUT2D eigenvalue weighted by Crippen LogP contribution is -2.35. The molecule has 3 rings (SSSR count). The summed E-state index contributed by atoms with van der Waals surface area (Å²) in [4.78, 5) is 15.8. The number of anilines is 1. The van der Waals surface area contributed by atoms with Crippen LogP contribution < -0.4 is 5.32 Å². The van der Waals surface area contributed by atoms with Crippen molar-refractivity contribution in [3.63, 3.8) is 0 Å². The van der Waals surface area contributed by atoms with Gasteiger partial charge < -0.3 is 20.1 Å². The average molecular weight is 369 g/mol. The number of hydrogen-bond donors (Lipinski definition) is 2. The molecule has 1 fully saturated rings. The van der Waals surface area contributed by atoms with Crippen LogP contribution in [0.2, 0.25) is 0 Å². The number of hydrogen-bond acceptors (Lipinski definition) is 7. The number of nitrogens with one attached hydrogen (secondary N) is 1. The lowest BCUT2D eigenvalue weighted by molar-refractivity contribution is 0.0553. The summed E-state index contributed by atoms with van der Waals surface area (Å²) in [5.41, 5.74) is 3.62. The third-order valence-corrected chi connectivity index (χ3v) is 4.36. The fraction of sp³-hybridized carbons (Fsp3) is 0.450. The second kappa shape index (κ2) is 9.43. The summed E-state index contributed by atoms with van der Waals surface area (Å²) in [6, 6.07) is 1.96. The number of fused-ring (bicyclic) bond motifs is 1. The second-order valence-corrected chi connectivity index (χ2v) is 6.54. The maximum Gasteiger partial charge on any atom is 0.154 e. The highest BCUT2D eigenvalue weighted by molar-refractivity contribution is 5.85. The Bertz CT molecular complexity index is 813. The molecule has 3 heterocycles. The number of allylic oxidation sites excluding steroid dienone is 3. The highest BCUT2D eigenvalue weighted by Gasteiger charge is 2.11. The van der Waals surface area contributed by atoms with E-state index in [9.17, 15) is 5.11 Å². The Morgan fingerprint density at radius 3 is 2.85 bits per heavy atom. The molecule has 1 aliphatic rings. The molecule has 2 aromatic heterocycles. The summed E-state index contributed by atoms with van der Waals surface area (Å²) in [7, 11) is 0. The molecule has 1 saturated heterocycles. The van der Waals surface area contributed by atoms with Crippen LogP contribution in [-0.4, -0.2) is 63.9 Å². The van der Waals surface area contributed by atoms with E-state index < -0.39 is 6.10 Å². The van der Waals surface area contributed by atoms with Crippen molar-refractivity contribution < 1.29 is 9.84 Å². The summed E-state index contributed by atoms with van der Waals surface area (Å²) in [5.74, 6) is 0.657. The topological polar surface area (TPSA) is 83.4 Å². The van der Waals surface area contributed by atoms with Gasteiger partial charge in [-0.25, -0.2) is 9.97 Å². The highest BCUT2D eigenvalue weighted by atomic mass is 16.5. The van der Waals surface area contributed by atoms with Crippen molar-refractivity contribution in [2.45, 2.75) is 26.4 Å². The summed E-state index contributed by atoms with van der Waals surface area (Å²) in [6.45, 7) is 7.58. The minimum Gasteiger partial charge on any atom is -0.392 e. The summed E-state index contributed by atoms with van der Waals surface area (Å²) in [6.07, 6.45) is 9.93. The van der Waals surface area contributed by atoms with Gasteiger partial charge in [0.1, 0.15) is 5.52 Å². The van der Waals surface area contributed by atoms with Crippen molar-refractivity contribution in [3.05, 3.63) is 48.1 Å². The Morgan fingerprint density at radius 2 is 2.11 bits per heavy atom. The van der Waals surface area contributed by atoms with Gasteiger partial charge in [-0.2, -0.15) is 0 Å². The van der Waals surface area contributed by atoms with E-state index in [1.807, 2.05) is 6.07 Å². The smallest absolute Gasteiger partial charge is 0.154 e. The molecular weight excluding hydrogens is 342 g/mol. The second-order valence-electron chi connectivity index (χ2n) is 6.54. The number of rotatable bonds is 7. The SMILES string of the molecule is C/C=C(\C=C/Cc1cc2nccnc2c(NCC(C)O)n1)N1CCOCC1. The van der Waals surface area contributed by atoms with Gasteiger partial charge in [0.2, 0.25) is 0 Å². The first-order valence-corrected chi connectivity index (χ1v) is 9.35. The molecule has 27 heavy (non-hydrogen) atoms. The van der Waals surface area contributed by atoms with Gasteiger partial charge in [-0.05, 0) is 26.0 Å². The van der Waals surface area contributed by atoms with Gasteiger partial charge in [-0.15, -0.1) is 0 Å². The fourth-order valence-corrected chi connectivity index (χ4v) is 3.00. The zero-order valence-electron chi connectivity index (χ0n) is 15.9. The van der Waals surface area contributed by atoms with Crippen LogP contribution in [0.5, 0.6) is 0 Å². The van der Waals surface area contributed by atoms with E-state index in [1.165, 1.54) is 5.70 Å². The third-order valence-electron chi connectivity index (χ3n) is 4.36. The van der Waals surface area contributed by atoms with E-state index in [2.05, 4.69) is 50.3 Å². The first kappa shape index (κ1) is 19.3. The highest BCUT2D eigenvalue weighted by Crippen LogP contribution is 2.19. The number of nitrogens with zero attached hydrogens (tertiary/aromatic N) is 4. The molecule has 0 bridgehead atoms. The van der Waals surface area contributed by atoms with E-state index in [1.54, 1.807) is 19.3 Å². The predicted molar refractivity (Wildman–Crippen MR) is 106 cm³/mol. The summed E-state index contributed by atoms with van der Waals surface area (Å²) >= 11 is 0. The fourth-order valence-electron chi connectivity index (χ4n) is 3.00. The zero-order valence-corrected chi connectivity index (χ0v) is 15.9. The molecule has 0 amide bonds. The lowest BCUT2D eigenvalue weighted by atomic mass is 10.2. The largest absolute Gasteiger partial charge is 0.392 e. The molecule has 0 aliphatic carbocycles. The van der Waals surface area contributed by atoms with E-state index >= 15 is 0 Å². The number of aliphatic hydroxyl groups excluding tert-OH is 1. The van der Waals surface area contributed by atoms with Gasteiger partial charge in [-0.1, -0.05) is 12.2 Å². The zero-order chi connectivity index (χ0) is 19.1. The number of aliphatic hydroxyl groups is 1. The molecule has 0 spiro atoms. The quantitative estimate of drug-likeness (QED) is 0.724. The van der Waals surface area contributed by atoms with E-state index in [0.717, 1.165) is 37.5 Å². The van der Waals surface area contributed by atoms with Crippen molar-refractivity contribution in [2.24, 2.45) is 0 Å². The van der Waals surface area contributed by atoms with Crippen molar-refractivity contribution in [1.82, 2.24) is 19.9 Å². The van der Waals surface area contributed by atoms with Crippen LogP contribution >= 0.6 is 0 Å². The van der Waals surface area contributed by atoms with E-state index in [0.29, 0.717) is 24.3 Å². The molecular formula is C20H27N5O2. The third kappa shape index (κ3) is 5.24. The number of morpholine rings is 1. The molecule has 0 aromatic carbocycles. The van der Waals surface area contributed by atoms with Crippen LogP contribution in [0.4, 0.5) is 5.82 Å². The Morgan fingerprint density at radius 1 is 1.33 bits per heavy atom. The molecule has 0 saturated carbocycles. The van der Waals surface area contributed by atoms with Gasteiger partial charge in [0.25, 0.3) is 0 Å². The molecule has 7 heteroatoms. The maximum absolute atomic E-state index is 9.55. The van der Waals surface area contributed by atoms with Gasteiger partial charge in [-0.3, -0.25) is 4.98 Å².